The molecule has 1 atom stereocenters. The van der Waals surface area contributed by atoms with Gasteiger partial charge in [-0.2, -0.15) is 0 Å². The lowest BCUT2D eigenvalue weighted by Gasteiger charge is -2.37. The van der Waals surface area contributed by atoms with Crippen LogP contribution in [0.4, 0.5) is 4.79 Å². The van der Waals surface area contributed by atoms with Crippen LogP contribution >= 0.6 is 23.2 Å². The van der Waals surface area contributed by atoms with E-state index in [-0.39, 0.29) is 11.8 Å². The Bertz CT molecular complexity index is 1050. The highest BCUT2D eigenvalue weighted by atomic mass is 35.5. The van der Waals surface area contributed by atoms with Crippen molar-refractivity contribution in [2.45, 2.75) is 58.0 Å². The molecule has 2 aliphatic heterocycles. The van der Waals surface area contributed by atoms with Crippen molar-refractivity contribution in [2.75, 3.05) is 31.9 Å². The SMILES string of the molecule is CC(C)(C)OC(=O)N1CCC([C@@H](CS(=O)(=O)N2CCC(c3ccc(Cl)cc3Cl)CC2)C(=O)NO)CC1. The Labute approximate surface area is 223 Å². The monoisotopic (exact) mass is 563 g/mol. The van der Waals surface area contributed by atoms with Gasteiger partial charge in [-0.25, -0.2) is 23.0 Å². The number of sulfonamides is 1. The molecule has 0 saturated carbocycles. The molecule has 0 spiro atoms. The molecule has 12 heteroatoms. The number of hydrogen-bond donors (Lipinski definition) is 2. The molecule has 1 aromatic rings. The highest BCUT2D eigenvalue weighted by Gasteiger charge is 2.39. The first-order valence-electron chi connectivity index (χ1n) is 12.2. The fourth-order valence-electron chi connectivity index (χ4n) is 4.93. The predicted molar refractivity (Wildman–Crippen MR) is 138 cm³/mol. The first-order valence-corrected chi connectivity index (χ1v) is 14.5. The Balaban J connectivity index is 1.61. The van der Waals surface area contributed by atoms with E-state index in [1.165, 1.54) is 4.31 Å². The van der Waals surface area contributed by atoms with Gasteiger partial charge in [0.05, 0.1) is 11.7 Å². The van der Waals surface area contributed by atoms with E-state index >= 15 is 0 Å². The zero-order valence-corrected chi connectivity index (χ0v) is 23.2. The molecule has 3 rings (SSSR count). The van der Waals surface area contributed by atoms with Crippen LogP contribution in [0.3, 0.4) is 0 Å². The van der Waals surface area contributed by atoms with E-state index in [4.69, 9.17) is 27.9 Å². The van der Waals surface area contributed by atoms with Crippen LogP contribution in [0.5, 0.6) is 0 Å². The lowest BCUT2D eigenvalue weighted by molar-refractivity contribution is -0.134. The summed E-state index contributed by atoms with van der Waals surface area (Å²) in [6.07, 6.45) is 1.64. The van der Waals surface area contributed by atoms with Gasteiger partial charge < -0.3 is 9.64 Å². The first kappa shape index (κ1) is 29.0. The van der Waals surface area contributed by atoms with E-state index in [2.05, 4.69) is 0 Å². The minimum absolute atomic E-state index is 0.120. The number of nitrogens with zero attached hydrogens (tertiary/aromatic N) is 2. The zero-order chi connectivity index (χ0) is 26.7. The van der Waals surface area contributed by atoms with E-state index in [0.29, 0.717) is 61.9 Å². The first-order chi connectivity index (χ1) is 16.8. The maximum absolute atomic E-state index is 13.3. The molecule has 0 bridgehead atoms. The number of amides is 2. The predicted octanol–water partition coefficient (Wildman–Crippen LogP) is 4.27. The number of hydrogen-bond acceptors (Lipinski definition) is 6. The summed E-state index contributed by atoms with van der Waals surface area (Å²) in [5.41, 5.74) is 1.97. The van der Waals surface area contributed by atoms with Gasteiger partial charge in [-0.15, -0.1) is 0 Å². The second kappa shape index (κ2) is 11.9. The highest BCUT2D eigenvalue weighted by Crippen LogP contribution is 2.36. The van der Waals surface area contributed by atoms with Gasteiger partial charge in [0.25, 0.3) is 0 Å². The third-order valence-corrected chi connectivity index (χ3v) is 9.34. The Morgan fingerprint density at radius 1 is 1.11 bits per heavy atom. The topological polar surface area (TPSA) is 116 Å². The van der Waals surface area contributed by atoms with Gasteiger partial charge in [0.1, 0.15) is 5.60 Å². The maximum atomic E-state index is 13.3. The summed E-state index contributed by atoms with van der Waals surface area (Å²) < 4.78 is 33.4. The van der Waals surface area contributed by atoms with E-state index in [1.807, 2.05) is 6.07 Å². The van der Waals surface area contributed by atoms with E-state index in [9.17, 15) is 23.2 Å². The lowest BCUT2D eigenvalue weighted by Crippen LogP contribution is -2.48. The second-order valence-corrected chi connectivity index (χ2v) is 13.4. The van der Waals surface area contributed by atoms with Crippen LogP contribution in [-0.2, 0) is 19.6 Å². The number of rotatable bonds is 6. The zero-order valence-electron chi connectivity index (χ0n) is 20.9. The number of halogens is 2. The van der Waals surface area contributed by atoms with Crippen LogP contribution in [-0.4, -0.2) is 72.4 Å². The summed E-state index contributed by atoms with van der Waals surface area (Å²) >= 11 is 12.3. The van der Waals surface area contributed by atoms with Crippen molar-refractivity contribution >= 4 is 45.2 Å². The van der Waals surface area contributed by atoms with Gasteiger partial charge in [-0.3, -0.25) is 10.0 Å². The van der Waals surface area contributed by atoms with Gasteiger partial charge in [0, 0.05) is 36.2 Å². The molecule has 2 fully saturated rings. The molecule has 2 aliphatic rings. The molecule has 2 amide bonds. The van der Waals surface area contributed by atoms with E-state index in [1.54, 1.807) is 43.3 Å². The van der Waals surface area contributed by atoms with Crippen molar-refractivity contribution in [3.63, 3.8) is 0 Å². The summed E-state index contributed by atoms with van der Waals surface area (Å²) in [6.45, 7) is 6.70. The average molecular weight is 565 g/mol. The minimum Gasteiger partial charge on any atom is -0.444 e. The third kappa shape index (κ3) is 7.47. The number of nitrogens with one attached hydrogen (secondary N) is 1. The van der Waals surface area contributed by atoms with Gasteiger partial charge >= 0.3 is 6.09 Å². The smallest absolute Gasteiger partial charge is 0.410 e. The molecule has 36 heavy (non-hydrogen) atoms. The summed E-state index contributed by atoms with van der Waals surface area (Å²) in [6, 6.07) is 5.34. The van der Waals surface area contributed by atoms with Crippen molar-refractivity contribution < 1.29 is 28.0 Å². The molecule has 0 aromatic heterocycles. The molecule has 2 heterocycles. The molecule has 1 aromatic carbocycles. The molecule has 0 aliphatic carbocycles. The van der Waals surface area contributed by atoms with Crippen LogP contribution in [0, 0.1) is 11.8 Å². The molecule has 9 nitrogen and oxygen atoms in total. The van der Waals surface area contributed by atoms with Crippen molar-refractivity contribution in [1.29, 1.82) is 0 Å². The fourth-order valence-corrected chi connectivity index (χ4v) is 7.35. The third-order valence-electron chi connectivity index (χ3n) is 6.85. The Hall–Kier alpha value is -1.59. The van der Waals surface area contributed by atoms with Crippen molar-refractivity contribution in [1.82, 2.24) is 14.7 Å². The van der Waals surface area contributed by atoms with Crippen molar-refractivity contribution in [3.05, 3.63) is 33.8 Å². The van der Waals surface area contributed by atoms with E-state index in [0.717, 1.165) is 5.56 Å². The molecular weight excluding hydrogens is 529 g/mol. The number of hydroxylamine groups is 1. The average Bonchev–Trinajstić information content (AvgIpc) is 2.81. The van der Waals surface area contributed by atoms with Gasteiger partial charge in [-0.05, 0) is 76.0 Å². The Morgan fingerprint density at radius 2 is 1.72 bits per heavy atom. The fraction of sp³-hybridized carbons (Fsp3) is 0.667. The highest BCUT2D eigenvalue weighted by molar-refractivity contribution is 7.89. The van der Waals surface area contributed by atoms with Crippen LogP contribution in [0.1, 0.15) is 57.9 Å². The standard InChI is InChI=1S/C24H35Cl2N3O6S/c1-24(2,3)35-23(31)28-10-6-17(7-11-28)20(22(30)27-32)15-36(33,34)29-12-8-16(9-13-29)19-5-4-18(25)14-21(19)26/h4-5,14,16-17,20,32H,6-13,15H2,1-3H3,(H,27,30)/t20-/m1/s1. The number of benzene rings is 1. The number of carbonyl (C=O) groups is 2. The van der Waals surface area contributed by atoms with Gasteiger partial charge in [0.15, 0.2) is 0 Å². The van der Waals surface area contributed by atoms with E-state index < -0.39 is 39.3 Å². The number of likely N-dealkylation sites (tertiary alicyclic amines) is 1. The van der Waals surface area contributed by atoms with Crippen LogP contribution in [0.25, 0.3) is 0 Å². The number of carbonyl (C=O) groups excluding carboxylic acids is 2. The summed E-state index contributed by atoms with van der Waals surface area (Å²) in [5.74, 6) is -2.23. The molecule has 0 radical (unpaired) electrons. The van der Waals surface area contributed by atoms with Crippen LogP contribution in [0.15, 0.2) is 18.2 Å². The molecule has 0 unspecified atom stereocenters. The Morgan fingerprint density at radius 3 is 2.25 bits per heavy atom. The molecule has 202 valence electrons. The minimum atomic E-state index is -3.76. The maximum Gasteiger partial charge on any atom is 0.410 e. The number of ether oxygens (including phenoxy) is 1. The van der Waals surface area contributed by atoms with Crippen LogP contribution < -0.4 is 5.48 Å². The quantitative estimate of drug-likeness (QED) is 0.394. The normalized spacial score (nSPS) is 19.7. The second-order valence-electron chi connectivity index (χ2n) is 10.5. The molecular formula is C24H35Cl2N3O6S. The van der Waals surface area contributed by atoms with Crippen molar-refractivity contribution in [2.24, 2.45) is 11.8 Å². The van der Waals surface area contributed by atoms with Crippen LogP contribution in [0.2, 0.25) is 10.0 Å². The van der Waals surface area contributed by atoms with Gasteiger partial charge in [0.2, 0.25) is 15.9 Å². The molecule has 2 N–H and O–H groups in total. The number of piperidine rings is 2. The lowest BCUT2D eigenvalue weighted by atomic mass is 9.85. The summed E-state index contributed by atoms with van der Waals surface area (Å²) in [7, 11) is -3.76. The molecule has 2 saturated heterocycles. The van der Waals surface area contributed by atoms with Gasteiger partial charge in [-0.1, -0.05) is 29.3 Å². The summed E-state index contributed by atoms with van der Waals surface area (Å²) in [4.78, 5) is 26.4. The van der Waals surface area contributed by atoms with Crippen molar-refractivity contribution in [3.8, 4) is 0 Å². The largest absolute Gasteiger partial charge is 0.444 e. The Kier molecular flexibility index (Phi) is 9.54. The summed E-state index contributed by atoms with van der Waals surface area (Å²) in [5, 5.41) is 10.4.